The summed E-state index contributed by atoms with van der Waals surface area (Å²) in [6, 6.07) is 7.19. The van der Waals surface area contributed by atoms with Crippen LogP contribution in [0.15, 0.2) is 24.3 Å². The SMILES string of the molecule is CC(=O)NCCCOC(=O)C(C)(C)c1cccc(Cl)c1. The lowest BCUT2D eigenvalue weighted by atomic mass is 9.85. The van der Waals surface area contributed by atoms with Crippen molar-refractivity contribution in [3.05, 3.63) is 34.9 Å². The molecular weight excluding hydrogens is 278 g/mol. The molecule has 0 heterocycles. The van der Waals surface area contributed by atoms with E-state index in [0.29, 0.717) is 18.0 Å². The quantitative estimate of drug-likeness (QED) is 0.649. The van der Waals surface area contributed by atoms with E-state index in [1.165, 1.54) is 6.92 Å². The van der Waals surface area contributed by atoms with Gasteiger partial charge >= 0.3 is 5.97 Å². The lowest BCUT2D eigenvalue weighted by molar-refractivity contribution is -0.149. The van der Waals surface area contributed by atoms with Crippen molar-refractivity contribution in [1.29, 1.82) is 0 Å². The maximum Gasteiger partial charge on any atom is 0.315 e. The van der Waals surface area contributed by atoms with Crippen LogP contribution in [-0.4, -0.2) is 25.0 Å². The van der Waals surface area contributed by atoms with Gasteiger partial charge in [-0.15, -0.1) is 0 Å². The molecule has 0 aromatic heterocycles. The second kappa shape index (κ2) is 7.29. The molecule has 110 valence electrons. The molecule has 0 saturated heterocycles. The van der Waals surface area contributed by atoms with Gasteiger partial charge in [0.05, 0.1) is 12.0 Å². The standard InChI is InChI=1S/C15H20ClNO3/c1-11(18)17-8-5-9-20-14(19)15(2,3)12-6-4-7-13(16)10-12/h4,6-7,10H,5,8-9H2,1-3H3,(H,17,18). The van der Waals surface area contributed by atoms with Gasteiger partial charge in [-0.3, -0.25) is 9.59 Å². The van der Waals surface area contributed by atoms with Crippen LogP contribution < -0.4 is 5.32 Å². The van der Waals surface area contributed by atoms with E-state index >= 15 is 0 Å². The van der Waals surface area contributed by atoms with Crippen LogP contribution in [0.5, 0.6) is 0 Å². The van der Waals surface area contributed by atoms with Gasteiger partial charge in [0.1, 0.15) is 0 Å². The summed E-state index contributed by atoms with van der Waals surface area (Å²) in [6.07, 6.45) is 0.594. The Kier molecular flexibility index (Phi) is 6.02. The number of hydrogen-bond donors (Lipinski definition) is 1. The van der Waals surface area contributed by atoms with Gasteiger partial charge in [0, 0.05) is 18.5 Å². The summed E-state index contributed by atoms with van der Waals surface area (Å²) in [7, 11) is 0. The number of ether oxygens (including phenoxy) is 1. The van der Waals surface area contributed by atoms with Crippen molar-refractivity contribution in [1.82, 2.24) is 5.32 Å². The Balaban J connectivity index is 2.51. The summed E-state index contributed by atoms with van der Waals surface area (Å²) in [5, 5.41) is 3.24. The van der Waals surface area contributed by atoms with Gasteiger partial charge in [-0.1, -0.05) is 23.7 Å². The Morgan fingerprint density at radius 1 is 1.35 bits per heavy atom. The summed E-state index contributed by atoms with van der Waals surface area (Å²) < 4.78 is 5.25. The Morgan fingerprint density at radius 3 is 2.65 bits per heavy atom. The van der Waals surface area contributed by atoms with E-state index in [9.17, 15) is 9.59 Å². The molecule has 0 aliphatic heterocycles. The van der Waals surface area contributed by atoms with Gasteiger partial charge in [0.15, 0.2) is 0 Å². The molecule has 4 nitrogen and oxygen atoms in total. The summed E-state index contributed by atoms with van der Waals surface area (Å²) in [4.78, 5) is 22.8. The highest BCUT2D eigenvalue weighted by Crippen LogP contribution is 2.26. The predicted molar refractivity (Wildman–Crippen MR) is 78.7 cm³/mol. The molecule has 0 saturated carbocycles. The van der Waals surface area contributed by atoms with E-state index in [-0.39, 0.29) is 18.5 Å². The van der Waals surface area contributed by atoms with Gasteiger partial charge in [-0.05, 0) is 38.0 Å². The van der Waals surface area contributed by atoms with Crippen molar-refractivity contribution in [2.24, 2.45) is 0 Å². The second-order valence-corrected chi connectivity index (χ2v) is 5.54. The van der Waals surface area contributed by atoms with Crippen LogP contribution in [0.2, 0.25) is 5.02 Å². The average Bonchev–Trinajstić information content (AvgIpc) is 2.37. The van der Waals surface area contributed by atoms with Crippen molar-refractivity contribution in [3.8, 4) is 0 Å². The molecule has 0 aliphatic carbocycles. The molecule has 20 heavy (non-hydrogen) atoms. The van der Waals surface area contributed by atoms with Gasteiger partial charge < -0.3 is 10.1 Å². The Bertz CT molecular complexity index is 486. The number of halogens is 1. The summed E-state index contributed by atoms with van der Waals surface area (Å²) >= 11 is 5.94. The van der Waals surface area contributed by atoms with E-state index in [0.717, 1.165) is 5.56 Å². The van der Waals surface area contributed by atoms with Crippen LogP contribution in [0.4, 0.5) is 0 Å². The fraction of sp³-hybridized carbons (Fsp3) is 0.467. The van der Waals surface area contributed by atoms with Crippen LogP contribution in [0, 0.1) is 0 Å². The van der Waals surface area contributed by atoms with Crippen molar-refractivity contribution in [2.45, 2.75) is 32.6 Å². The number of rotatable bonds is 6. The first-order valence-electron chi connectivity index (χ1n) is 6.51. The van der Waals surface area contributed by atoms with Crippen LogP contribution in [0.25, 0.3) is 0 Å². The molecule has 0 atom stereocenters. The van der Waals surface area contributed by atoms with Crippen molar-refractivity contribution in [3.63, 3.8) is 0 Å². The normalized spacial score (nSPS) is 11.0. The second-order valence-electron chi connectivity index (χ2n) is 5.11. The third-order valence-electron chi connectivity index (χ3n) is 2.98. The van der Waals surface area contributed by atoms with Crippen molar-refractivity contribution < 1.29 is 14.3 Å². The Labute approximate surface area is 124 Å². The highest BCUT2D eigenvalue weighted by molar-refractivity contribution is 6.30. The summed E-state index contributed by atoms with van der Waals surface area (Å²) in [6.45, 7) is 5.83. The molecule has 0 fully saturated rings. The number of carbonyl (C=O) groups is 2. The molecule has 1 aromatic rings. The van der Waals surface area contributed by atoms with Gasteiger partial charge in [-0.2, -0.15) is 0 Å². The first-order chi connectivity index (χ1) is 9.34. The van der Waals surface area contributed by atoms with Crippen LogP contribution in [0.3, 0.4) is 0 Å². The number of nitrogens with one attached hydrogen (secondary N) is 1. The van der Waals surface area contributed by atoms with E-state index in [1.807, 2.05) is 12.1 Å². The van der Waals surface area contributed by atoms with E-state index in [2.05, 4.69) is 5.32 Å². The highest BCUT2D eigenvalue weighted by Gasteiger charge is 2.31. The molecule has 1 N–H and O–H groups in total. The molecule has 1 aromatic carbocycles. The first-order valence-corrected chi connectivity index (χ1v) is 6.89. The van der Waals surface area contributed by atoms with E-state index in [4.69, 9.17) is 16.3 Å². The van der Waals surface area contributed by atoms with Crippen LogP contribution in [0.1, 0.15) is 32.8 Å². The predicted octanol–water partition coefficient (Wildman–Crippen LogP) is 2.69. The molecule has 0 bridgehead atoms. The van der Waals surface area contributed by atoms with Crippen molar-refractivity contribution >= 4 is 23.5 Å². The first kappa shape index (κ1) is 16.5. The Hall–Kier alpha value is -1.55. The van der Waals surface area contributed by atoms with Gasteiger partial charge in [0.25, 0.3) is 0 Å². The molecule has 5 heteroatoms. The highest BCUT2D eigenvalue weighted by atomic mass is 35.5. The molecule has 0 radical (unpaired) electrons. The number of hydrogen-bond acceptors (Lipinski definition) is 3. The molecule has 1 rings (SSSR count). The number of amides is 1. The zero-order valence-corrected chi connectivity index (χ0v) is 12.8. The third kappa shape index (κ3) is 4.85. The zero-order chi connectivity index (χ0) is 15.2. The fourth-order valence-electron chi connectivity index (χ4n) is 1.68. The third-order valence-corrected chi connectivity index (χ3v) is 3.22. The summed E-state index contributed by atoms with van der Waals surface area (Å²) in [5.41, 5.74) is 0.0655. The van der Waals surface area contributed by atoms with Gasteiger partial charge in [-0.25, -0.2) is 0 Å². The number of carbonyl (C=O) groups excluding carboxylic acids is 2. The van der Waals surface area contributed by atoms with E-state index in [1.54, 1.807) is 26.0 Å². The van der Waals surface area contributed by atoms with Gasteiger partial charge in [0.2, 0.25) is 5.91 Å². The minimum atomic E-state index is -0.751. The average molecular weight is 298 g/mol. The van der Waals surface area contributed by atoms with Crippen LogP contribution in [-0.2, 0) is 19.7 Å². The molecule has 0 spiro atoms. The summed E-state index contributed by atoms with van der Waals surface area (Å²) in [5.74, 6) is -0.391. The smallest absolute Gasteiger partial charge is 0.315 e. The van der Waals surface area contributed by atoms with Crippen LogP contribution >= 0.6 is 11.6 Å². The minimum absolute atomic E-state index is 0.0874. The maximum atomic E-state index is 12.1. The molecule has 1 amide bonds. The lowest BCUT2D eigenvalue weighted by Gasteiger charge is -2.23. The minimum Gasteiger partial charge on any atom is -0.465 e. The fourth-order valence-corrected chi connectivity index (χ4v) is 1.87. The number of benzene rings is 1. The zero-order valence-electron chi connectivity index (χ0n) is 12.0. The largest absolute Gasteiger partial charge is 0.465 e. The van der Waals surface area contributed by atoms with Crippen molar-refractivity contribution in [2.75, 3.05) is 13.2 Å². The molecular formula is C15H20ClNO3. The lowest BCUT2D eigenvalue weighted by Crippen LogP contribution is -2.32. The monoisotopic (exact) mass is 297 g/mol. The maximum absolute atomic E-state index is 12.1. The Morgan fingerprint density at radius 2 is 2.05 bits per heavy atom. The molecule has 0 aliphatic rings. The van der Waals surface area contributed by atoms with E-state index < -0.39 is 5.41 Å². The molecule has 0 unspecified atom stereocenters. The topological polar surface area (TPSA) is 55.4 Å². The number of esters is 1.